The lowest BCUT2D eigenvalue weighted by Crippen LogP contribution is -2.37. The molecule has 0 saturated carbocycles. The number of likely N-dealkylation sites (tertiary alicyclic amines) is 1. The second kappa shape index (κ2) is 5.85. The van der Waals surface area contributed by atoms with Gasteiger partial charge in [0.05, 0.1) is 0 Å². The van der Waals surface area contributed by atoms with Crippen molar-refractivity contribution in [1.29, 1.82) is 0 Å². The predicted molar refractivity (Wildman–Crippen MR) is 80.0 cm³/mol. The second-order valence-electron chi connectivity index (χ2n) is 5.85. The van der Waals surface area contributed by atoms with Crippen LogP contribution in [0.5, 0.6) is 0 Å². The van der Waals surface area contributed by atoms with Crippen molar-refractivity contribution in [2.75, 3.05) is 19.6 Å². The summed E-state index contributed by atoms with van der Waals surface area (Å²) in [5, 5.41) is 6.22. The third-order valence-electron chi connectivity index (χ3n) is 4.22. The van der Waals surface area contributed by atoms with Gasteiger partial charge in [-0.1, -0.05) is 6.07 Å². The number of amides is 2. The standard InChI is InChI=1S/C16H21N3O2/c1-11(20)18-15-5-7-19(10-15)16(21)13-3-2-12-4-6-17-9-14(12)8-13/h2-3,8,15,17H,4-7,9-10H2,1H3,(H,18,20). The average Bonchev–Trinajstić information content (AvgIpc) is 2.93. The van der Waals surface area contributed by atoms with E-state index < -0.39 is 0 Å². The van der Waals surface area contributed by atoms with Crippen LogP contribution >= 0.6 is 0 Å². The first-order valence-corrected chi connectivity index (χ1v) is 7.52. The van der Waals surface area contributed by atoms with E-state index in [2.05, 4.69) is 16.7 Å². The Kier molecular flexibility index (Phi) is 3.92. The first-order chi connectivity index (χ1) is 10.1. The van der Waals surface area contributed by atoms with Crippen LogP contribution < -0.4 is 10.6 Å². The molecule has 5 nitrogen and oxygen atoms in total. The maximum absolute atomic E-state index is 12.6. The zero-order valence-electron chi connectivity index (χ0n) is 12.3. The van der Waals surface area contributed by atoms with E-state index in [-0.39, 0.29) is 17.9 Å². The van der Waals surface area contributed by atoms with Gasteiger partial charge < -0.3 is 15.5 Å². The van der Waals surface area contributed by atoms with E-state index in [0.29, 0.717) is 13.1 Å². The van der Waals surface area contributed by atoms with E-state index in [1.165, 1.54) is 18.1 Å². The molecule has 21 heavy (non-hydrogen) atoms. The van der Waals surface area contributed by atoms with Crippen molar-refractivity contribution in [1.82, 2.24) is 15.5 Å². The fourth-order valence-corrected chi connectivity index (χ4v) is 3.15. The molecule has 1 aromatic carbocycles. The zero-order chi connectivity index (χ0) is 14.8. The Hall–Kier alpha value is -1.88. The van der Waals surface area contributed by atoms with Gasteiger partial charge >= 0.3 is 0 Å². The van der Waals surface area contributed by atoms with Crippen LogP contribution in [0.15, 0.2) is 18.2 Å². The predicted octanol–water partition coefficient (Wildman–Crippen LogP) is 0.683. The number of carbonyl (C=O) groups excluding carboxylic acids is 2. The van der Waals surface area contributed by atoms with Gasteiger partial charge in [0.25, 0.3) is 5.91 Å². The molecule has 0 aromatic heterocycles. The minimum Gasteiger partial charge on any atom is -0.352 e. The molecule has 2 aliphatic rings. The topological polar surface area (TPSA) is 61.4 Å². The summed E-state index contributed by atoms with van der Waals surface area (Å²) >= 11 is 0. The van der Waals surface area contributed by atoms with Crippen molar-refractivity contribution in [3.8, 4) is 0 Å². The number of carbonyl (C=O) groups is 2. The molecule has 1 unspecified atom stereocenters. The molecule has 0 spiro atoms. The van der Waals surface area contributed by atoms with Crippen LogP contribution in [0, 0.1) is 0 Å². The normalized spacial score (nSPS) is 21.0. The molecule has 1 aromatic rings. The largest absolute Gasteiger partial charge is 0.352 e. The highest BCUT2D eigenvalue weighted by Gasteiger charge is 2.27. The van der Waals surface area contributed by atoms with Crippen LogP contribution in [-0.2, 0) is 17.8 Å². The fourth-order valence-electron chi connectivity index (χ4n) is 3.15. The first-order valence-electron chi connectivity index (χ1n) is 7.52. The summed E-state index contributed by atoms with van der Waals surface area (Å²) in [4.78, 5) is 25.5. The summed E-state index contributed by atoms with van der Waals surface area (Å²) in [6, 6.07) is 6.10. The molecule has 0 bridgehead atoms. The summed E-state index contributed by atoms with van der Waals surface area (Å²) < 4.78 is 0. The minimum atomic E-state index is -0.0332. The highest BCUT2D eigenvalue weighted by molar-refractivity contribution is 5.94. The molecule has 0 aliphatic carbocycles. The van der Waals surface area contributed by atoms with Gasteiger partial charge in [-0.3, -0.25) is 9.59 Å². The highest BCUT2D eigenvalue weighted by Crippen LogP contribution is 2.19. The molecule has 1 saturated heterocycles. The lowest BCUT2D eigenvalue weighted by atomic mass is 9.98. The van der Waals surface area contributed by atoms with Gasteiger partial charge in [-0.25, -0.2) is 0 Å². The summed E-state index contributed by atoms with van der Waals surface area (Å²) in [6.07, 6.45) is 1.86. The van der Waals surface area contributed by atoms with E-state index in [4.69, 9.17) is 0 Å². The van der Waals surface area contributed by atoms with Crippen molar-refractivity contribution in [3.05, 3.63) is 34.9 Å². The van der Waals surface area contributed by atoms with Crippen molar-refractivity contribution in [3.63, 3.8) is 0 Å². The SMILES string of the molecule is CC(=O)NC1CCN(C(=O)c2ccc3c(c2)CNCC3)C1. The first kappa shape index (κ1) is 14.1. The average molecular weight is 287 g/mol. The van der Waals surface area contributed by atoms with E-state index in [9.17, 15) is 9.59 Å². The lowest BCUT2D eigenvalue weighted by molar-refractivity contribution is -0.119. The zero-order valence-corrected chi connectivity index (χ0v) is 12.3. The Morgan fingerprint density at radius 3 is 3.00 bits per heavy atom. The summed E-state index contributed by atoms with van der Waals surface area (Å²) in [7, 11) is 0. The third kappa shape index (κ3) is 3.08. The molecule has 2 amide bonds. The Balaban J connectivity index is 1.70. The molecule has 3 rings (SSSR count). The maximum atomic E-state index is 12.6. The van der Waals surface area contributed by atoms with Crippen molar-refractivity contribution in [2.45, 2.75) is 32.4 Å². The molecule has 2 N–H and O–H groups in total. The number of nitrogens with zero attached hydrogens (tertiary/aromatic N) is 1. The summed E-state index contributed by atoms with van der Waals surface area (Å²) in [5.41, 5.74) is 3.31. The molecule has 1 fully saturated rings. The summed E-state index contributed by atoms with van der Waals surface area (Å²) in [6.45, 7) is 4.67. The number of nitrogens with one attached hydrogen (secondary N) is 2. The molecule has 112 valence electrons. The van der Waals surface area contributed by atoms with Gasteiger partial charge in [0.1, 0.15) is 0 Å². The minimum absolute atomic E-state index is 0.0332. The second-order valence-corrected chi connectivity index (χ2v) is 5.85. The van der Waals surface area contributed by atoms with Crippen molar-refractivity contribution < 1.29 is 9.59 Å². The van der Waals surface area contributed by atoms with Gasteiger partial charge in [-0.05, 0) is 42.6 Å². The van der Waals surface area contributed by atoms with Crippen LogP contribution in [0.25, 0.3) is 0 Å². The number of benzene rings is 1. The molecule has 2 aliphatic heterocycles. The van der Waals surface area contributed by atoms with Gasteiger partial charge in [-0.2, -0.15) is 0 Å². The van der Waals surface area contributed by atoms with Crippen LogP contribution in [-0.4, -0.2) is 42.4 Å². The maximum Gasteiger partial charge on any atom is 0.253 e. The van der Waals surface area contributed by atoms with Crippen LogP contribution in [0.2, 0.25) is 0 Å². The monoisotopic (exact) mass is 287 g/mol. The van der Waals surface area contributed by atoms with Gasteiger partial charge in [0, 0.05) is 38.2 Å². The van der Waals surface area contributed by atoms with Crippen LogP contribution in [0.4, 0.5) is 0 Å². The van der Waals surface area contributed by atoms with Gasteiger partial charge in [0.15, 0.2) is 0 Å². The third-order valence-corrected chi connectivity index (χ3v) is 4.22. The molecule has 1 atom stereocenters. The van der Waals surface area contributed by atoms with Crippen molar-refractivity contribution in [2.24, 2.45) is 0 Å². The number of hydrogen-bond donors (Lipinski definition) is 2. The molecule has 2 heterocycles. The van der Waals surface area contributed by atoms with E-state index in [0.717, 1.165) is 31.5 Å². The molecular formula is C16H21N3O2. The molecular weight excluding hydrogens is 266 g/mol. The van der Waals surface area contributed by atoms with E-state index in [1.807, 2.05) is 17.0 Å². The van der Waals surface area contributed by atoms with Gasteiger partial charge in [-0.15, -0.1) is 0 Å². The van der Waals surface area contributed by atoms with Gasteiger partial charge in [0.2, 0.25) is 5.91 Å². The quantitative estimate of drug-likeness (QED) is 0.841. The fraction of sp³-hybridized carbons (Fsp3) is 0.500. The van der Waals surface area contributed by atoms with Crippen LogP contribution in [0.1, 0.15) is 34.8 Å². The number of hydrogen-bond acceptors (Lipinski definition) is 3. The van der Waals surface area contributed by atoms with E-state index >= 15 is 0 Å². The highest BCUT2D eigenvalue weighted by atomic mass is 16.2. The number of rotatable bonds is 2. The Bertz CT molecular complexity index is 571. The Morgan fingerprint density at radius 2 is 2.19 bits per heavy atom. The lowest BCUT2D eigenvalue weighted by Gasteiger charge is -2.20. The number of fused-ring (bicyclic) bond motifs is 1. The summed E-state index contributed by atoms with van der Waals surface area (Å²) in [5.74, 6) is 0.0328. The van der Waals surface area contributed by atoms with E-state index in [1.54, 1.807) is 0 Å². The molecule has 5 heteroatoms. The van der Waals surface area contributed by atoms with Crippen molar-refractivity contribution >= 4 is 11.8 Å². The molecule has 0 radical (unpaired) electrons. The Morgan fingerprint density at radius 1 is 1.33 bits per heavy atom. The smallest absolute Gasteiger partial charge is 0.253 e. The van der Waals surface area contributed by atoms with Crippen LogP contribution in [0.3, 0.4) is 0 Å². The Labute approximate surface area is 124 Å².